The van der Waals surface area contributed by atoms with Crippen LogP contribution in [-0.2, 0) is 38.1 Å². The summed E-state index contributed by atoms with van der Waals surface area (Å²) < 4.78 is 42.3. The zero-order valence-corrected chi connectivity index (χ0v) is 14.1. The minimum absolute atomic E-state index is 0.214. The lowest BCUT2D eigenvalue weighted by Crippen LogP contribution is -2.40. The Morgan fingerprint density at radius 2 is 0.958 bits per heavy atom. The fraction of sp³-hybridized carbons (Fsp3) is 0.714. The van der Waals surface area contributed by atoms with Crippen LogP contribution in [0.3, 0.4) is 0 Å². The third-order valence-electron chi connectivity index (χ3n) is 1.96. The molecule has 0 amide bonds. The van der Waals surface area contributed by atoms with Crippen LogP contribution in [0.2, 0.25) is 0 Å². The topological polar surface area (TPSA) is 105 Å². The molecule has 0 bridgehead atoms. The first-order valence-electron chi connectivity index (χ1n) is 7.20. The highest BCUT2D eigenvalue weighted by atomic mass is 19.3. The molecule has 0 aliphatic carbocycles. The van der Waals surface area contributed by atoms with E-state index in [9.17, 15) is 28.0 Å². The van der Waals surface area contributed by atoms with Gasteiger partial charge in [0, 0.05) is 0 Å². The lowest BCUT2D eigenvalue weighted by atomic mass is 10.3. The predicted octanol–water partition coefficient (Wildman–Crippen LogP) is 1.25. The van der Waals surface area contributed by atoms with E-state index in [0.29, 0.717) is 0 Å². The number of rotatable bonds is 8. The molecule has 0 rings (SSSR count). The summed E-state index contributed by atoms with van der Waals surface area (Å²) in [6, 6.07) is 0. The molecule has 0 aromatic rings. The number of alkyl halides is 2. The molecule has 0 fully saturated rings. The first-order valence-corrected chi connectivity index (χ1v) is 7.20. The lowest BCUT2D eigenvalue weighted by Gasteiger charge is -2.12. The highest BCUT2D eigenvalue weighted by molar-refractivity contribution is 6.01. The van der Waals surface area contributed by atoms with E-state index in [-0.39, 0.29) is 32.8 Å². The number of carbonyl (C=O) groups excluding carboxylic acids is 4. The van der Waals surface area contributed by atoms with Crippen LogP contribution in [0, 0.1) is 0 Å². The molecule has 0 unspecified atom stereocenters. The van der Waals surface area contributed by atoms with E-state index >= 15 is 0 Å². The Balaban J connectivity index is 0. The maximum absolute atomic E-state index is 12.6. The fourth-order valence-corrected chi connectivity index (χ4v) is 1.07. The first-order chi connectivity index (χ1) is 11.2. The van der Waals surface area contributed by atoms with Crippen molar-refractivity contribution in [1.29, 1.82) is 0 Å². The van der Waals surface area contributed by atoms with Gasteiger partial charge >= 0.3 is 29.8 Å². The summed E-state index contributed by atoms with van der Waals surface area (Å²) in [5.74, 6) is -9.04. The van der Waals surface area contributed by atoms with Gasteiger partial charge in [-0.05, 0) is 27.7 Å². The number of carbonyl (C=O) groups is 4. The molecular weight excluding hydrogens is 334 g/mol. The van der Waals surface area contributed by atoms with Gasteiger partial charge in [-0.1, -0.05) is 0 Å². The monoisotopic (exact) mass is 356 g/mol. The van der Waals surface area contributed by atoms with E-state index < -0.39 is 29.8 Å². The second-order valence-electron chi connectivity index (χ2n) is 3.80. The highest BCUT2D eigenvalue weighted by Gasteiger charge is 2.50. The summed E-state index contributed by atoms with van der Waals surface area (Å²) in [4.78, 5) is 42.2. The molecular formula is C14H22F2O8. The zero-order valence-electron chi connectivity index (χ0n) is 14.1. The largest absolute Gasteiger partial charge is 0.466 e. The van der Waals surface area contributed by atoms with Gasteiger partial charge in [0.05, 0.1) is 26.4 Å². The predicted molar refractivity (Wildman–Crippen MR) is 76.1 cm³/mol. The van der Waals surface area contributed by atoms with Gasteiger partial charge in [-0.25, -0.2) is 9.59 Å². The Morgan fingerprint density at radius 1 is 0.667 bits per heavy atom. The van der Waals surface area contributed by atoms with Crippen LogP contribution in [0.5, 0.6) is 0 Å². The molecule has 0 aliphatic rings. The van der Waals surface area contributed by atoms with Crippen molar-refractivity contribution >= 4 is 23.9 Å². The van der Waals surface area contributed by atoms with Crippen molar-refractivity contribution in [3.63, 3.8) is 0 Å². The maximum Gasteiger partial charge on any atom is 0.437 e. The first kappa shape index (κ1) is 24.0. The summed E-state index contributed by atoms with van der Waals surface area (Å²) in [5.41, 5.74) is 0. The van der Waals surface area contributed by atoms with Crippen molar-refractivity contribution in [2.75, 3.05) is 26.4 Å². The molecule has 24 heavy (non-hydrogen) atoms. The molecule has 0 atom stereocenters. The van der Waals surface area contributed by atoms with Crippen LogP contribution in [0.15, 0.2) is 0 Å². The van der Waals surface area contributed by atoms with E-state index in [4.69, 9.17) is 0 Å². The fourth-order valence-electron chi connectivity index (χ4n) is 1.07. The summed E-state index contributed by atoms with van der Waals surface area (Å²) in [6.07, 6.45) is -0.290. The van der Waals surface area contributed by atoms with Crippen molar-refractivity contribution in [3.8, 4) is 0 Å². The minimum atomic E-state index is -4.20. The highest BCUT2D eigenvalue weighted by Crippen LogP contribution is 2.17. The quantitative estimate of drug-likeness (QED) is 0.363. The SMILES string of the molecule is CCOC(=O)C(F)(F)C(=O)OCC.CCOC(=O)CC(=O)OCC. The number of ether oxygens (including phenoxy) is 4. The summed E-state index contributed by atoms with van der Waals surface area (Å²) in [5, 5.41) is 0. The number of hydrogen-bond donors (Lipinski definition) is 0. The van der Waals surface area contributed by atoms with Crippen molar-refractivity contribution in [1.82, 2.24) is 0 Å². The summed E-state index contributed by atoms with van der Waals surface area (Å²) >= 11 is 0. The molecule has 0 aromatic heterocycles. The van der Waals surface area contributed by atoms with Gasteiger partial charge in [0.15, 0.2) is 0 Å². The Labute approximate surface area is 138 Å². The van der Waals surface area contributed by atoms with Gasteiger partial charge in [0.1, 0.15) is 6.42 Å². The van der Waals surface area contributed by atoms with Crippen LogP contribution >= 0.6 is 0 Å². The van der Waals surface area contributed by atoms with Crippen LogP contribution in [0.4, 0.5) is 8.78 Å². The molecule has 0 aliphatic heterocycles. The van der Waals surface area contributed by atoms with E-state index in [1.807, 2.05) is 0 Å². The molecule has 140 valence electrons. The molecule has 0 saturated heterocycles. The Kier molecular flexibility index (Phi) is 13.2. The van der Waals surface area contributed by atoms with Gasteiger partial charge in [0.25, 0.3) is 0 Å². The van der Waals surface area contributed by atoms with E-state index in [1.165, 1.54) is 13.8 Å². The van der Waals surface area contributed by atoms with Crippen molar-refractivity contribution < 1.29 is 46.9 Å². The standard InChI is InChI=1S/C7H10F2O4.C7H12O4/c1-3-12-5(10)7(8,9)6(11)13-4-2;1-3-10-6(8)5-7(9)11-4-2/h3-4H2,1-2H3;3-5H2,1-2H3. The smallest absolute Gasteiger partial charge is 0.437 e. The average Bonchev–Trinajstić information content (AvgIpc) is 2.48. The Hall–Kier alpha value is -2.26. The normalized spacial score (nSPS) is 9.92. The number of hydrogen-bond acceptors (Lipinski definition) is 8. The Morgan fingerprint density at radius 3 is 1.21 bits per heavy atom. The van der Waals surface area contributed by atoms with Crippen LogP contribution in [0.1, 0.15) is 34.1 Å². The van der Waals surface area contributed by atoms with Crippen LogP contribution < -0.4 is 0 Å². The summed E-state index contributed by atoms with van der Waals surface area (Å²) in [6.45, 7) is 6.24. The maximum atomic E-state index is 12.6. The van der Waals surface area contributed by atoms with Gasteiger partial charge in [-0.15, -0.1) is 0 Å². The molecule has 0 N–H and O–H groups in total. The van der Waals surface area contributed by atoms with E-state index in [2.05, 4.69) is 18.9 Å². The van der Waals surface area contributed by atoms with Gasteiger partial charge in [-0.3, -0.25) is 9.59 Å². The van der Waals surface area contributed by atoms with Crippen molar-refractivity contribution in [3.05, 3.63) is 0 Å². The second kappa shape index (κ2) is 13.2. The lowest BCUT2D eigenvalue weighted by molar-refractivity contribution is -0.190. The zero-order chi connectivity index (χ0) is 19.2. The molecule has 8 nitrogen and oxygen atoms in total. The van der Waals surface area contributed by atoms with E-state index in [1.54, 1.807) is 13.8 Å². The van der Waals surface area contributed by atoms with Gasteiger partial charge in [0.2, 0.25) is 0 Å². The molecule has 0 heterocycles. The molecule has 10 heteroatoms. The third kappa shape index (κ3) is 10.5. The third-order valence-corrected chi connectivity index (χ3v) is 1.96. The van der Waals surface area contributed by atoms with Crippen LogP contribution in [0.25, 0.3) is 0 Å². The molecule has 0 saturated carbocycles. The molecule has 0 aromatic carbocycles. The Bertz CT molecular complexity index is 387. The van der Waals surface area contributed by atoms with Crippen molar-refractivity contribution in [2.45, 2.75) is 40.0 Å². The minimum Gasteiger partial charge on any atom is -0.466 e. The number of halogens is 2. The van der Waals surface area contributed by atoms with E-state index in [0.717, 1.165) is 0 Å². The molecule has 0 spiro atoms. The van der Waals surface area contributed by atoms with Crippen molar-refractivity contribution in [2.24, 2.45) is 0 Å². The molecule has 0 radical (unpaired) electrons. The number of esters is 4. The second-order valence-corrected chi connectivity index (χ2v) is 3.80. The average molecular weight is 356 g/mol. The summed E-state index contributed by atoms with van der Waals surface area (Å²) in [7, 11) is 0. The van der Waals surface area contributed by atoms with Gasteiger partial charge < -0.3 is 18.9 Å². The van der Waals surface area contributed by atoms with Crippen LogP contribution in [-0.4, -0.2) is 56.2 Å². The van der Waals surface area contributed by atoms with Gasteiger partial charge in [-0.2, -0.15) is 8.78 Å².